The van der Waals surface area contributed by atoms with Crippen LogP contribution >= 0.6 is 0 Å². The number of hydrogen-bond donors (Lipinski definition) is 2. The van der Waals surface area contributed by atoms with Gasteiger partial charge in [-0.05, 0) is 18.2 Å². The van der Waals surface area contributed by atoms with Crippen molar-refractivity contribution in [1.82, 2.24) is 5.32 Å². The first-order chi connectivity index (χ1) is 10.1. The van der Waals surface area contributed by atoms with Crippen molar-refractivity contribution in [1.29, 1.82) is 0 Å². The van der Waals surface area contributed by atoms with Crippen LogP contribution in [0.4, 0.5) is 0 Å². The summed E-state index contributed by atoms with van der Waals surface area (Å²) in [7, 11) is 0. The molecule has 1 aliphatic rings. The minimum absolute atomic E-state index is 0.0306. The molecule has 0 aliphatic carbocycles. The van der Waals surface area contributed by atoms with Crippen molar-refractivity contribution < 1.29 is 23.8 Å². The zero-order valence-electron chi connectivity index (χ0n) is 10.8. The van der Waals surface area contributed by atoms with Crippen LogP contribution in [0.1, 0.15) is 16.1 Å². The summed E-state index contributed by atoms with van der Waals surface area (Å²) in [4.78, 5) is 23.2. The van der Waals surface area contributed by atoms with Crippen LogP contribution in [0.25, 0.3) is 0 Å². The Morgan fingerprint density at radius 3 is 2.86 bits per heavy atom. The molecule has 0 radical (unpaired) electrons. The van der Waals surface area contributed by atoms with Crippen LogP contribution in [0.15, 0.2) is 39.7 Å². The highest BCUT2D eigenvalue weighted by Crippen LogP contribution is 2.32. The van der Waals surface area contributed by atoms with Crippen molar-refractivity contribution in [3.8, 4) is 17.2 Å². The number of carbonyl (C=O) groups excluding carboxylic acids is 1. The summed E-state index contributed by atoms with van der Waals surface area (Å²) in [5.74, 6) is 0.534. The number of aromatic hydroxyl groups is 1. The Balaban J connectivity index is 1.69. The van der Waals surface area contributed by atoms with Gasteiger partial charge in [-0.15, -0.1) is 0 Å². The van der Waals surface area contributed by atoms with E-state index in [0.717, 1.165) is 12.3 Å². The molecule has 0 bridgehead atoms. The molecular formula is C14H11NO6. The molecule has 1 aliphatic heterocycles. The average Bonchev–Trinajstić information content (AvgIpc) is 2.95. The Kier molecular flexibility index (Phi) is 3.23. The number of amides is 1. The van der Waals surface area contributed by atoms with E-state index in [1.54, 1.807) is 18.2 Å². The number of ether oxygens (including phenoxy) is 2. The number of fused-ring (bicyclic) bond motifs is 1. The molecule has 2 heterocycles. The first-order valence-electron chi connectivity index (χ1n) is 6.12. The largest absolute Gasteiger partial charge is 0.502 e. The van der Waals surface area contributed by atoms with Gasteiger partial charge in [0.1, 0.15) is 12.0 Å². The molecule has 2 aromatic rings. The topological polar surface area (TPSA) is 98.0 Å². The van der Waals surface area contributed by atoms with Crippen molar-refractivity contribution in [2.75, 3.05) is 6.79 Å². The smallest absolute Gasteiger partial charge is 0.251 e. The van der Waals surface area contributed by atoms with Gasteiger partial charge in [-0.1, -0.05) is 0 Å². The third kappa shape index (κ3) is 2.66. The van der Waals surface area contributed by atoms with Crippen LogP contribution in [-0.4, -0.2) is 17.8 Å². The third-order valence-electron chi connectivity index (χ3n) is 2.92. The SMILES string of the molecule is O=C(NCc1cc(=O)c(O)co1)c1ccc2c(c1)OCO2. The lowest BCUT2D eigenvalue weighted by molar-refractivity contribution is 0.0947. The standard InChI is InChI=1S/C14H11NO6/c16-10-4-9(19-6-11(10)17)5-15-14(18)8-1-2-12-13(3-8)21-7-20-12/h1-4,6,17H,5,7H2,(H,15,18). The van der Waals surface area contributed by atoms with Crippen molar-refractivity contribution in [2.45, 2.75) is 6.54 Å². The fourth-order valence-electron chi connectivity index (χ4n) is 1.84. The van der Waals surface area contributed by atoms with Gasteiger partial charge in [-0.25, -0.2) is 0 Å². The second-order valence-electron chi connectivity index (χ2n) is 4.35. The Labute approximate surface area is 118 Å². The lowest BCUT2D eigenvalue weighted by Crippen LogP contribution is -2.23. The molecule has 0 unspecified atom stereocenters. The second-order valence-corrected chi connectivity index (χ2v) is 4.35. The lowest BCUT2D eigenvalue weighted by atomic mass is 10.2. The van der Waals surface area contributed by atoms with Crippen molar-refractivity contribution in [3.63, 3.8) is 0 Å². The zero-order chi connectivity index (χ0) is 14.8. The minimum Gasteiger partial charge on any atom is -0.502 e. The molecule has 0 fully saturated rings. The maximum atomic E-state index is 12.0. The summed E-state index contributed by atoms with van der Waals surface area (Å²) < 4.78 is 15.3. The number of carbonyl (C=O) groups is 1. The molecule has 1 aromatic heterocycles. The monoisotopic (exact) mass is 289 g/mol. The first-order valence-corrected chi connectivity index (χ1v) is 6.12. The summed E-state index contributed by atoms with van der Waals surface area (Å²) in [6.45, 7) is 0.169. The Morgan fingerprint density at radius 2 is 2.05 bits per heavy atom. The number of nitrogens with one attached hydrogen (secondary N) is 1. The predicted octanol–water partition coefficient (Wildman–Crippen LogP) is 1.00. The number of benzene rings is 1. The van der Waals surface area contributed by atoms with Gasteiger partial charge in [0.05, 0.1) is 6.54 Å². The molecule has 0 saturated carbocycles. The summed E-state index contributed by atoms with van der Waals surface area (Å²) in [5, 5.41) is 11.7. The van der Waals surface area contributed by atoms with Gasteiger partial charge in [0.15, 0.2) is 17.2 Å². The van der Waals surface area contributed by atoms with Gasteiger partial charge in [0.2, 0.25) is 12.2 Å². The lowest BCUT2D eigenvalue weighted by Gasteiger charge is -2.05. The molecular weight excluding hydrogens is 278 g/mol. The van der Waals surface area contributed by atoms with Crippen LogP contribution in [-0.2, 0) is 6.54 Å². The Hall–Kier alpha value is -2.96. The molecule has 1 aromatic carbocycles. The van der Waals surface area contributed by atoms with Gasteiger partial charge in [-0.2, -0.15) is 0 Å². The Bertz CT molecular complexity index is 751. The fourth-order valence-corrected chi connectivity index (χ4v) is 1.84. The van der Waals surface area contributed by atoms with E-state index in [-0.39, 0.29) is 25.0 Å². The van der Waals surface area contributed by atoms with E-state index in [4.69, 9.17) is 19.0 Å². The van der Waals surface area contributed by atoms with Crippen molar-refractivity contribution >= 4 is 5.91 Å². The highest BCUT2D eigenvalue weighted by Gasteiger charge is 2.16. The Morgan fingerprint density at radius 1 is 1.24 bits per heavy atom. The predicted molar refractivity (Wildman–Crippen MR) is 70.4 cm³/mol. The summed E-state index contributed by atoms with van der Waals surface area (Å²) in [6.07, 6.45) is 0.935. The molecule has 0 saturated heterocycles. The first kappa shape index (κ1) is 13.0. The van der Waals surface area contributed by atoms with E-state index >= 15 is 0 Å². The van der Waals surface area contributed by atoms with E-state index in [0.29, 0.717) is 17.1 Å². The fraction of sp³-hybridized carbons (Fsp3) is 0.143. The molecule has 7 heteroatoms. The molecule has 0 atom stereocenters. The van der Waals surface area contributed by atoms with Gasteiger partial charge in [0.25, 0.3) is 5.91 Å². The van der Waals surface area contributed by atoms with E-state index in [1.807, 2.05) is 0 Å². The van der Waals surface area contributed by atoms with Crippen LogP contribution in [0.3, 0.4) is 0 Å². The van der Waals surface area contributed by atoms with E-state index in [9.17, 15) is 9.59 Å². The van der Waals surface area contributed by atoms with Crippen LogP contribution in [0.5, 0.6) is 17.2 Å². The zero-order valence-corrected chi connectivity index (χ0v) is 10.8. The normalized spacial score (nSPS) is 12.2. The summed E-state index contributed by atoms with van der Waals surface area (Å²) in [5.41, 5.74) is -0.158. The molecule has 3 rings (SSSR count). The van der Waals surface area contributed by atoms with E-state index in [2.05, 4.69) is 5.32 Å². The summed E-state index contributed by atoms with van der Waals surface area (Å²) in [6, 6.07) is 5.95. The van der Waals surface area contributed by atoms with Crippen molar-refractivity contribution in [3.05, 3.63) is 52.1 Å². The third-order valence-corrected chi connectivity index (χ3v) is 2.92. The van der Waals surface area contributed by atoms with Gasteiger partial charge < -0.3 is 24.3 Å². The van der Waals surface area contributed by atoms with Gasteiger partial charge in [0, 0.05) is 11.6 Å². The number of rotatable bonds is 3. The highest BCUT2D eigenvalue weighted by atomic mass is 16.7. The molecule has 108 valence electrons. The molecule has 21 heavy (non-hydrogen) atoms. The average molecular weight is 289 g/mol. The number of hydrogen-bond acceptors (Lipinski definition) is 6. The summed E-state index contributed by atoms with van der Waals surface area (Å²) >= 11 is 0. The van der Waals surface area contributed by atoms with Crippen LogP contribution in [0.2, 0.25) is 0 Å². The molecule has 2 N–H and O–H groups in total. The maximum Gasteiger partial charge on any atom is 0.251 e. The molecule has 1 amide bonds. The molecule has 7 nitrogen and oxygen atoms in total. The minimum atomic E-state index is -0.562. The van der Waals surface area contributed by atoms with E-state index < -0.39 is 11.2 Å². The van der Waals surface area contributed by atoms with Gasteiger partial charge >= 0.3 is 0 Å². The molecule has 0 spiro atoms. The van der Waals surface area contributed by atoms with Crippen LogP contribution < -0.4 is 20.2 Å². The van der Waals surface area contributed by atoms with Gasteiger partial charge in [-0.3, -0.25) is 9.59 Å². The maximum absolute atomic E-state index is 12.0. The van der Waals surface area contributed by atoms with Crippen LogP contribution in [0, 0.1) is 0 Å². The highest BCUT2D eigenvalue weighted by molar-refractivity contribution is 5.94. The van der Waals surface area contributed by atoms with E-state index in [1.165, 1.54) is 0 Å². The second kappa shape index (κ2) is 5.20. The quantitative estimate of drug-likeness (QED) is 0.875. The van der Waals surface area contributed by atoms with Crippen molar-refractivity contribution in [2.24, 2.45) is 0 Å².